The second-order valence-electron chi connectivity index (χ2n) is 6.62. The first-order valence-electron chi connectivity index (χ1n) is 9.69. The molecule has 0 aromatic heterocycles. The number of carbonyl (C=O) groups excluding carboxylic acids is 2. The zero-order valence-electron chi connectivity index (χ0n) is 17.5. The molecule has 0 N–H and O–H groups in total. The van der Waals surface area contributed by atoms with Gasteiger partial charge in [0.25, 0.3) is 0 Å². The molecule has 1 atom stereocenters. The summed E-state index contributed by atoms with van der Waals surface area (Å²) in [5.41, 5.74) is -2.01. The summed E-state index contributed by atoms with van der Waals surface area (Å²) in [6.45, 7) is 3.38. The molecule has 1 unspecified atom stereocenters. The quantitative estimate of drug-likeness (QED) is 0.190. The first kappa shape index (κ1) is 28.7. The number of hydrogen-bond donors (Lipinski definition) is 0. The molecule has 0 radical (unpaired) electrons. The summed E-state index contributed by atoms with van der Waals surface area (Å²) < 4.78 is 42.5. The first-order valence-corrected chi connectivity index (χ1v) is 11.2. The Balaban J connectivity index is 0.00000784. The van der Waals surface area contributed by atoms with E-state index in [9.17, 15) is 22.6 Å². The van der Waals surface area contributed by atoms with Crippen molar-refractivity contribution < 1.29 is 83.4 Å². The van der Waals surface area contributed by atoms with Gasteiger partial charge in [-0.2, -0.15) is 0 Å². The molecule has 0 saturated heterocycles. The summed E-state index contributed by atoms with van der Waals surface area (Å²) in [5.74, 6) is -1.75. The van der Waals surface area contributed by atoms with E-state index < -0.39 is 27.5 Å². The topological polar surface area (TPSA) is 110 Å². The summed E-state index contributed by atoms with van der Waals surface area (Å²) in [5, 5.41) is 0. The van der Waals surface area contributed by atoms with Crippen LogP contribution >= 0.6 is 0 Å². The van der Waals surface area contributed by atoms with Gasteiger partial charge in [0.15, 0.2) is 5.44 Å². The zero-order valence-corrected chi connectivity index (χ0v) is 21.5. The van der Waals surface area contributed by atoms with Crippen LogP contribution in [-0.2, 0) is 19.6 Å². The summed E-state index contributed by atoms with van der Waals surface area (Å²) in [7, 11) is -4.78. The Bertz CT molecular complexity index is 734. The number of rotatable bonds is 13. The summed E-state index contributed by atoms with van der Waals surface area (Å²) in [6.07, 6.45) is 8.91. The monoisotopic (exact) mass is 452 g/mol. The third-order valence-electron chi connectivity index (χ3n) is 4.28. The summed E-state index contributed by atoms with van der Waals surface area (Å²) in [6, 6.07) is 5.77. The molecule has 9 heteroatoms. The van der Waals surface area contributed by atoms with Crippen molar-refractivity contribution in [1.29, 1.82) is 0 Å². The third-order valence-corrected chi connectivity index (χ3v) is 5.19. The molecule has 0 aliphatic carbocycles. The molecule has 0 aliphatic heterocycles. The maximum Gasteiger partial charge on any atom is 1.00 e. The second-order valence-corrected chi connectivity index (χ2v) is 8.27. The van der Waals surface area contributed by atoms with Crippen molar-refractivity contribution in [3.05, 3.63) is 35.4 Å². The molecular weight excluding hydrogens is 423 g/mol. The summed E-state index contributed by atoms with van der Waals surface area (Å²) >= 11 is 0. The van der Waals surface area contributed by atoms with E-state index in [0.717, 1.165) is 26.2 Å². The van der Waals surface area contributed by atoms with Gasteiger partial charge in [0.2, 0.25) is 0 Å². The Morgan fingerprint density at radius 2 is 1.41 bits per heavy atom. The molecule has 0 fully saturated rings. The van der Waals surface area contributed by atoms with Gasteiger partial charge in [0.1, 0.15) is 10.1 Å². The third kappa shape index (κ3) is 11.6. The van der Waals surface area contributed by atoms with E-state index in [1.807, 2.05) is 0 Å². The maximum atomic E-state index is 12.2. The number of carbonyl (C=O) groups is 2. The normalized spacial score (nSPS) is 12.0. The fourth-order valence-electron chi connectivity index (χ4n) is 2.59. The van der Waals surface area contributed by atoms with Gasteiger partial charge in [-0.1, -0.05) is 64.0 Å². The van der Waals surface area contributed by atoms with Crippen molar-refractivity contribution in [2.45, 2.75) is 70.7 Å². The minimum Gasteiger partial charge on any atom is -0.745 e. The predicted molar refractivity (Wildman–Crippen MR) is 104 cm³/mol. The smallest absolute Gasteiger partial charge is 0.745 e. The minimum absolute atomic E-state index is 0. The van der Waals surface area contributed by atoms with E-state index in [2.05, 4.69) is 11.7 Å². The van der Waals surface area contributed by atoms with Crippen molar-refractivity contribution in [3.63, 3.8) is 0 Å². The number of benzene rings is 1. The Labute approximate surface area is 216 Å². The van der Waals surface area contributed by atoms with Crippen molar-refractivity contribution >= 4 is 22.1 Å². The van der Waals surface area contributed by atoms with Crippen molar-refractivity contribution in [2.24, 2.45) is 0 Å². The maximum absolute atomic E-state index is 12.2. The van der Waals surface area contributed by atoms with Crippen LogP contribution in [0, 0.1) is 0 Å². The molecule has 0 saturated carbocycles. The van der Waals surface area contributed by atoms with E-state index in [0.29, 0.717) is 0 Å². The van der Waals surface area contributed by atoms with Crippen molar-refractivity contribution in [3.8, 4) is 0 Å². The fourth-order valence-corrected chi connectivity index (χ4v) is 2.80. The molecule has 29 heavy (non-hydrogen) atoms. The molecule has 158 valence electrons. The van der Waals surface area contributed by atoms with E-state index in [1.165, 1.54) is 50.3 Å². The van der Waals surface area contributed by atoms with E-state index in [-0.39, 0.29) is 69.1 Å². The molecule has 0 aliphatic rings. The Hall–Kier alpha value is -0.294. The predicted octanol–water partition coefficient (Wildman–Crippen LogP) is 1.04. The van der Waals surface area contributed by atoms with E-state index in [4.69, 9.17) is 4.74 Å². The number of unbranched alkanes of at least 4 members (excludes halogenated alkanes) is 7. The van der Waals surface area contributed by atoms with Gasteiger partial charge < -0.3 is 14.0 Å². The molecule has 1 rings (SSSR count). The summed E-state index contributed by atoms with van der Waals surface area (Å²) in [4.78, 5) is 24.4. The average molecular weight is 453 g/mol. The fraction of sp³-hybridized carbons (Fsp3) is 0.600. The molecule has 1 aromatic rings. The van der Waals surface area contributed by atoms with Gasteiger partial charge in [-0.25, -0.2) is 18.0 Å². The van der Waals surface area contributed by atoms with E-state index in [1.54, 1.807) is 6.07 Å². The molecule has 7 nitrogen and oxygen atoms in total. The van der Waals surface area contributed by atoms with Crippen molar-refractivity contribution in [2.75, 3.05) is 6.61 Å². The minimum atomic E-state index is -4.78. The number of esters is 2. The molecule has 0 heterocycles. The van der Waals surface area contributed by atoms with Gasteiger partial charge in [-0.05, 0) is 25.5 Å². The second kappa shape index (κ2) is 15.5. The van der Waals surface area contributed by atoms with Crippen LogP contribution in [-0.4, -0.2) is 37.0 Å². The Kier molecular flexibility index (Phi) is 15.3. The van der Waals surface area contributed by atoms with Crippen LogP contribution in [0.15, 0.2) is 24.3 Å². The van der Waals surface area contributed by atoms with Gasteiger partial charge in [-0.3, -0.25) is 0 Å². The van der Waals surface area contributed by atoms with Crippen LogP contribution in [0.5, 0.6) is 0 Å². The van der Waals surface area contributed by atoms with Gasteiger partial charge in [0.05, 0.1) is 17.7 Å². The first-order chi connectivity index (χ1) is 13.3. The molecule has 1 aromatic carbocycles. The van der Waals surface area contributed by atoms with Crippen LogP contribution in [0.4, 0.5) is 0 Å². The van der Waals surface area contributed by atoms with E-state index >= 15 is 0 Å². The number of ether oxygens (including phenoxy) is 2. The zero-order chi connectivity index (χ0) is 21.0. The molecule has 0 bridgehead atoms. The van der Waals surface area contributed by atoms with Crippen LogP contribution in [0.2, 0.25) is 0 Å². The van der Waals surface area contributed by atoms with Crippen LogP contribution in [0.25, 0.3) is 0 Å². The molecular formula is C20H29KO7S. The largest absolute Gasteiger partial charge is 1.00 e. The Morgan fingerprint density at radius 3 is 1.93 bits per heavy atom. The Morgan fingerprint density at radius 1 is 0.931 bits per heavy atom. The SMILES string of the molecule is CCCCCCCCCCOC(=O)c1ccccc1C(=O)OC(C)S(=O)(=O)[O-].[K+]. The number of hydrogen-bond acceptors (Lipinski definition) is 7. The van der Waals surface area contributed by atoms with Crippen molar-refractivity contribution in [1.82, 2.24) is 0 Å². The standard InChI is InChI=1S/C20H30O7S.K/c1-3-4-5-6-7-8-9-12-15-26-19(21)17-13-10-11-14-18(17)20(22)27-16(2)28(23,24)25;/h10-11,13-14,16H,3-9,12,15H2,1-2H3,(H,23,24,25);/q;+1/p-1. The van der Waals surface area contributed by atoms with Gasteiger partial charge >= 0.3 is 63.3 Å². The average Bonchev–Trinajstić information content (AvgIpc) is 2.65. The van der Waals surface area contributed by atoms with Crippen LogP contribution in [0.3, 0.4) is 0 Å². The van der Waals surface area contributed by atoms with Crippen LogP contribution in [0.1, 0.15) is 85.9 Å². The van der Waals surface area contributed by atoms with Crippen LogP contribution < -0.4 is 51.4 Å². The van der Waals surface area contributed by atoms with Gasteiger partial charge in [0, 0.05) is 0 Å². The van der Waals surface area contributed by atoms with Gasteiger partial charge in [-0.15, -0.1) is 0 Å². The molecule has 0 spiro atoms. The molecule has 0 amide bonds.